The Labute approximate surface area is 108 Å². The quantitative estimate of drug-likeness (QED) is 0.768. The predicted octanol–water partition coefficient (Wildman–Crippen LogP) is 1.68. The molecule has 0 fully saturated rings. The van der Waals surface area contributed by atoms with Gasteiger partial charge in [0, 0.05) is 24.6 Å². The van der Waals surface area contributed by atoms with E-state index in [1.54, 1.807) is 0 Å². The summed E-state index contributed by atoms with van der Waals surface area (Å²) in [5.74, 6) is 0.382. The monoisotopic (exact) mass is 257 g/mol. The van der Waals surface area contributed by atoms with Gasteiger partial charge in [0.15, 0.2) is 0 Å². The van der Waals surface area contributed by atoms with E-state index in [1.807, 2.05) is 0 Å². The molecule has 1 heterocycles. The molecule has 0 amide bonds. The van der Waals surface area contributed by atoms with Gasteiger partial charge in [-0.05, 0) is 33.0 Å². The van der Waals surface area contributed by atoms with Crippen LogP contribution in [0.1, 0.15) is 27.2 Å². The summed E-state index contributed by atoms with van der Waals surface area (Å²) in [7, 11) is 0. The number of hydrogen-bond donors (Lipinski definition) is 1. The first-order chi connectivity index (χ1) is 8.21. The molecule has 5 nitrogen and oxygen atoms in total. The Kier molecular flexibility index (Phi) is 6.21. The lowest BCUT2D eigenvalue weighted by Gasteiger charge is -2.22. The van der Waals surface area contributed by atoms with E-state index in [9.17, 15) is 0 Å². The molecule has 98 valence electrons. The third-order valence-corrected chi connectivity index (χ3v) is 3.67. The highest BCUT2D eigenvalue weighted by molar-refractivity contribution is 7.09. The highest BCUT2D eigenvalue weighted by Gasteiger charge is 2.09. The Balaban J connectivity index is 2.38. The average molecular weight is 257 g/mol. The molecule has 1 rings (SSSR count). The van der Waals surface area contributed by atoms with Gasteiger partial charge in [-0.15, -0.1) is 0 Å². The lowest BCUT2D eigenvalue weighted by Crippen LogP contribution is -2.29. The normalized spacial score (nSPS) is 11.1. The molecule has 0 radical (unpaired) electrons. The second kappa shape index (κ2) is 7.45. The van der Waals surface area contributed by atoms with Crippen LogP contribution in [0.4, 0.5) is 11.1 Å². The van der Waals surface area contributed by atoms with Crippen molar-refractivity contribution in [3.05, 3.63) is 0 Å². The van der Waals surface area contributed by atoms with Crippen molar-refractivity contribution in [1.29, 1.82) is 0 Å². The van der Waals surface area contributed by atoms with Gasteiger partial charge < -0.3 is 15.5 Å². The molecule has 1 aromatic heterocycles. The Hall–Kier alpha value is -0.880. The standard InChI is InChI=1S/C11H23N5S/c1-4-15(5-2)8-7-9-16(6-3)11-13-10(12)14-17-11/h4-9H2,1-3H3,(H2,12,14). The van der Waals surface area contributed by atoms with Crippen molar-refractivity contribution in [3.63, 3.8) is 0 Å². The van der Waals surface area contributed by atoms with Crippen LogP contribution in [0.15, 0.2) is 0 Å². The van der Waals surface area contributed by atoms with Crippen molar-refractivity contribution in [3.8, 4) is 0 Å². The molecule has 6 heteroatoms. The maximum absolute atomic E-state index is 5.54. The minimum atomic E-state index is 0.382. The van der Waals surface area contributed by atoms with E-state index in [0.717, 1.165) is 44.3 Å². The number of nitrogen functional groups attached to an aromatic ring is 1. The molecular weight excluding hydrogens is 234 g/mol. The largest absolute Gasteiger partial charge is 0.367 e. The van der Waals surface area contributed by atoms with Gasteiger partial charge in [0.05, 0.1) is 0 Å². The second-order valence-electron chi connectivity index (χ2n) is 3.90. The van der Waals surface area contributed by atoms with Crippen molar-refractivity contribution < 1.29 is 0 Å². The van der Waals surface area contributed by atoms with Crippen molar-refractivity contribution in [2.75, 3.05) is 43.4 Å². The Morgan fingerprint density at radius 1 is 1.12 bits per heavy atom. The predicted molar refractivity (Wildman–Crippen MR) is 74.6 cm³/mol. The summed E-state index contributed by atoms with van der Waals surface area (Å²) in [5.41, 5.74) is 5.54. The first kappa shape index (κ1) is 14.2. The van der Waals surface area contributed by atoms with Crippen LogP contribution in [-0.2, 0) is 0 Å². The third kappa shape index (κ3) is 4.47. The molecule has 0 aliphatic carbocycles. The summed E-state index contributed by atoms with van der Waals surface area (Å²) in [6.45, 7) is 11.9. The SMILES string of the molecule is CCN(CC)CCCN(CC)c1nc(N)ns1. The molecule has 0 saturated heterocycles. The zero-order valence-electron chi connectivity index (χ0n) is 11.0. The molecule has 0 aliphatic heterocycles. The molecule has 1 aromatic rings. The number of rotatable bonds is 8. The summed E-state index contributed by atoms with van der Waals surface area (Å²) in [6.07, 6.45) is 1.15. The lowest BCUT2D eigenvalue weighted by atomic mass is 10.3. The molecule has 17 heavy (non-hydrogen) atoms. The number of anilines is 2. The fourth-order valence-corrected chi connectivity index (χ4v) is 2.46. The topological polar surface area (TPSA) is 58.3 Å². The molecule has 0 unspecified atom stereocenters. The van der Waals surface area contributed by atoms with Gasteiger partial charge in [0.1, 0.15) is 0 Å². The molecule has 0 aliphatic rings. The van der Waals surface area contributed by atoms with Crippen LogP contribution in [0.2, 0.25) is 0 Å². The van der Waals surface area contributed by atoms with E-state index in [4.69, 9.17) is 5.73 Å². The van der Waals surface area contributed by atoms with E-state index >= 15 is 0 Å². The molecule has 2 N–H and O–H groups in total. The van der Waals surface area contributed by atoms with Gasteiger partial charge in [0.25, 0.3) is 0 Å². The van der Waals surface area contributed by atoms with Crippen LogP contribution in [0.3, 0.4) is 0 Å². The molecule has 0 spiro atoms. The first-order valence-corrected chi connectivity index (χ1v) is 7.05. The maximum Gasteiger partial charge on any atom is 0.233 e. The van der Waals surface area contributed by atoms with Crippen LogP contribution in [0.5, 0.6) is 0 Å². The highest BCUT2D eigenvalue weighted by atomic mass is 32.1. The van der Waals surface area contributed by atoms with E-state index in [2.05, 4.69) is 39.9 Å². The van der Waals surface area contributed by atoms with Gasteiger partial charge >= 0.3 is 0 Å². The van der Waals surface area contributed by atoms with E-state index in [-0.39, 0.29) is 0 Å². The maximum atomic E-state index is 5.54. The van der Waals surface area contributed by atoms with Crippen LogP contribution in [0, 0.1) is 0 Å². The molecular formula is C11H23N5S. The fraction of sp³-hybridized carbons (Fsp3) is 0.818. The first-order valence-electron chi connectivity index (χ1n) is 6.27. The Morgan fingerprint density at radius 3 is 2.29 bits per heavy atom. The smallest absolute Gasteiger partial charge is 0.233 e. The van der Waals surface area contributed by atoms with Crippen LogP contribution in [0.25, 0.3) is 0 Å². The van der Waals surface area contributed by atoms with Crippen molar-refractivity contribution in [2.24, 2.45) is 0 Å². The minimum Gasteiger partial charge on any atom is -0.367 e. The van der Waals surface area contributed by atoms with E-state index in [0.29, 0.717) is 5.95 Å². The summed E-state index contributed by atoms with van der Waals surface area (Å²) < 4.78 is 4.02. The van der Waals surface area contributed by atoms with E-state index in [1.165, 1.54) is 11.5 Å². The average Bonchev–Trinajstić information content (AvgIpc) is 2.76. The van der Waals surface area contributed by atoms with Gasteiger partial charge in [-0.1, -0.05) is 13.8 Å². The van der Waals surface area contributed by atoms with Gasteiger partial charge in [-0.25, -0.2) is 0 Å². The van der Waals surface area contributed by atoms with Crippen molar-refractivity contribution >= 4 is 22.6 Å². The van der Waals surface area contributed by atoms with Gasteiger partial charge in [-0.3, -0.25) is 0 Å². The van der Waals surface area contributed by atoms with Gasteiger partial charge in [-0.2, -0.15) is 9.36 Å². The molecule has 0 saturated carbocycles. The minimum absolute atomic E-state index is 0.382. The lowest BCUT2D eigenvalue weighted by molar-refractivity contribution is 0.301. The molecule has 0 bridgehead atoms. The Bertz CT molecular complexity index is 311. The van der Waals surface area contributed by atoms with Crippen molar-refractivity contribution in [1.82, 2.24) is 14.3 Å². The molecule has 0 aromatic carbocycles. The molecule has 0 atom stereocenters. The summed E-state index contributed by atoms with van der Waals surface area (Å²) in [6, 6.07) is 0. The second-order valence-corrected chi connectivity index (χ2v) is 4.63. The summed E-state index contributed by atoms with van der Waals surface area (Å²) in [4.78, 5) is 8.88. The van der Waals surface area contributed by atoms with Gasteiger partial charge in [0.2, 0.25) is 11.1 Å². The van der Waals surface area contributed by atoms with Crippen LogP contribution < -0.4 is 10.6 Å². The van der Waals surface area contributed by atoms with Crippen LogP contribution >= 0.6 is 11.5 Å². The van der Waals surface area contributed by atoms with Crippen LogP contribution in [-0.4, -0.2) is 47.0 Å². The number of aromatic nitrogens is 2. The zero-order chi connectivity index (χ0) is 12.7. The highest BCUT2D eigenvalue weighted by Crippen LogP contribution is 2.17. The third-order valence-electron chi connectivity index (χ3n) is 2.88. The summed E-state index contributed by atoms with van der Waals surface area (Å²) in [5, 5.41) is 0.935. The number of hydrogen-bond acceptors (Lipinski definition) is 6. The number of nitrogens with zero attached hydrogens (tertiary/aromatic N) is 4. The van der Waals surface area contributed by atoms with E-state index < -0.39 is 0 Å². The fourth-order valence-electron chi connectivity index (χ4n) is 1.77. The number of nitrogens with two attached hydrogens (primary N) is 1. The summed E-state index contributed by atoms with van der Waals surface area (Å²) >= 11 is 1.38. The Morgan fingerprint density at radius 2 is 1.82 bits per heavy atom. The van der Waals surface area contributed by atoms with Crippen molar-refractivity contribution in [2.45, 2.75) is 27.2 Å². The zero-order valence-corrected chi connectivity index (χ0v) is 11.8.